The quantitative estimate of drug-likeness (QED) is 0.569. The predicted molar refractivity (Wildman–Crippen MR) is 108 cm³/mol. The van der Waals surface area contributed by atoms with Gasteiger partial charge in [-0.25, -0.2) is 4.39 Å². The average molecular weight is 376 g/mol. The van der Waals surface area contributed by atoms with Crippen LogP contribution in [0, 0.1) is 11.7 Å². The fourth-order valence-electron chi connectivity index (χ4n) is 3.66. The standard InChI is InChI=1S/C24H25FN2O/c25-22-13-11-20(12-14-22)16-26-15-5-10-23(26)18-27(24(28)21-8-4-9-21)17-19-6-2-1-3-7-19/h1-3,5-7,10-15,21H,4,8-9,16-18H2. The first-order valence-corrected chi connectivity index (χ1v) is 9.90. The van der Waals surface area contributed by atoms with Crippen LogP contribution >= 0.6 is 0 Å². The fraction of sp³-hybridized carbons (Fsp3) is 0.292. The van der Waals surface area contributed by atoms with Crippen LogP contribution in [0.1, 0.15) is 36.1 Å². The lowest BCUT2D eigenvalue weighted by Gasteiger charge is -2.32. The summed E-state index contributed by atoms with van der Waals surface area (Å²) in [6.07, 6.45) is 5.17. The molecule has 0 aliphatic heterocycles. The molecule has 0 N–H and O–H groups in total. The first-order valence-electron chi connectivity index (χ1n) is 9.90. The molecule has 1 amide bonds. The average Bonchev–Trinajstić information content (AvgIpc) is 3.09. The van der Waals surface area contributed by atoms with Gasteiger partial charge in [0.25, 0.3) is 0 Å². The third-order valence-corrected chi connectivity index (χ3v) is 5.52. The lowest BCUT2D eigenvalue weighted by atomic mass is 9.84. The molecule has 1 aromatic heterocycles. The third-order valence-electron chi connectivity index (χ3n) is 5.52. The molecule has 28 heavy (non-hydrogen) atoms. The van der Waals surface area contributed by atoms with Gasteiger partial charge >= 0.3 is 0 Å². The number of nitrogens with zero attached hydrogens (tertiary/aromatic N) is 2. The van der Waals surface area contributed by atoms with Crippen molar-refractivity contribution in [1.29, 1.82) is 0 Å². The van der Waals surface area contributed by atoms with Crippen LogP contribution in [0.3, 0.4) is 0 Å². The first-order chi connectivity index (χ1) is 13.7. The molecule has 1 aliphatic carbocycles. The van der Waals surface area contributed by atoms with E-state index in [-0.39, 0.29) is 17.6 Å². The lowest BCUT2D eigenvalue weighted by Crippen LogP contribution is -2.38. The van der Waals surface area contributed by atoms with Crippen molar-refractivity contribution in [3.63, 3.8) is 0 Å². The Labute approximate surface area is 165 Å². The van der Waals surface area contributed by atoms with E-state index in [1.165, 1.54) is 12.1 Å². The molecule has 4 rings (SSSR count). The molecule has 1 aliphatic rings. The van der Waals surface area contributed by atoms with Crippen LogP contribution in [0.2, 0.25) is 0 Å². The molecular formula is C24H25FN2O. The zero-order valence-electron chi connectivity index (χ0n) is 15.9. The minimum Gasteiger partial charge on any atom is -0.345 e. The number of hydrogen-bond donors (Lipinski definition) is 0. The SMILES string of the molecule is O=C(C1CCC1)N(Cc1ccccc1)Cc1cccn1Cc1ccc(F)cc1. The summed E-state index contributed by atoms with van der Waals surface area (Å²) >= 11 is 0. The minimum atomic E-state index is -0.225. The van der Waals surface area contributed by atoms with Gasteiger partial charge in [0.15, 0.2) is 0 Å². The van der Waals surface area contributed by atoms with Crippen LogP contribution < -0.4 is 0 Å². The molecule has 0 radical (unpaired) electrons. The van der Waals surface area contributed by atoms with Crippen LogP contribution in [0.5, 0.6) is 0 Å². The summed E-state index contributed by atoms with van der Waals surface area (Å²) in [5.74, 6) is 0.200. The molecule has 0 unspecified atom stereocenters. The van der Waals surface area contributed by atoms with E-state index in [9.17, 15) is 9.18 Å². The number of aromatic nitrogens is 1. The topological polar surface area (TPSA) is 25.2 Å². The summed E-state index contributed by atoms with van der Waals surface area (Å²) in [7, 11) is 0. The van der Waals surface area contributed by atoms with E-state index in [4.69, 9.17) is 0 Å². The predicted octanol–water partition coefficient (Wildman–Crippen LogP) is 5.00. The van der Waals surface area contributed by atoms with Crippen LogP contribution in [0.15, 0.2) is 72.9 Å². The van der Waals surface area contributed by atoms with Crippen molar-refractivity contribution in [2.75, 3.05) is 0 Å². The smallest absolute Gasteiger partial charge is 0.226 e. The molecule has 0 spiro atoms. The van der Waals surface area contributed by atoms with Crippen molar-refractivity contribution >= 4 is 5.91 Å². The Kier molecular flexibility index (Phi) is 5.56. The van der Waals surface area contributed by atoms with Gasteiger partial charge in [-0.2, -0.15) is 0 Å². The number of hydrogen-bond acceptors (Lipinski definition) is 1. The summed E-state index contributed by atoms with van der Waals surface area (Å²) in [5.41, 5.74) is 3.28. The second-order valence-electron chi connectivity index (χ2n) is 7.56. The normalized spacial score (nSPS) is 13.9. The fourth-order valence-corrected chi connectivity index (χ4v) is 3.66. The van der Waals surface area contributed by atoms with Crippen molar-refractivity contribution in [3.8, 4) is 0 Å². The Bertz CT molecular complexity index is 913. The molecule has 3 aromatic rings. The van der Waals surface area contributed by atoms with Crippen molar-refractivity contribution in [2.45, 2.75) is 38.9 Å². The zero-order chi connectivity index (χ0) is 19.3. The molecule has 2 aromatic carbocycles. The van der Waals surface area contributed by atoms with E-state index in [0.717, 1.165) is 36.1 Å². The number of benzene rings is 2. The Morgan fingerprint density at radius 2 is 1.68 bits per heavy atom. The van der Waals surface area contributed by atoms with Crippen LogP contribution in [0.25, 0.3) is 0 Å². The monoisotopic (exact) mass is 376 g/mol. The Balaban J connectivity index is 1.52. The van der Waals surface area contributed by atoms with Crippen LogP contribution in [-0.4, -0.2) is 15.4 Å². The highest BCUT2D eigenvalue weighted by Gasteiger charge is 2.29. The van der Waals surface area contributed by atoms with E-state index >= 15 is 0 Å². The molecule has 4 heteroatoms. The van der Waals surface area contributed by atoms with Crippen molar-refractivity contribution in [1.82, 2.24) is 9.47 Å². The van der Waals surface area contributed by atoms with Gasteiger partial charge in [0.05, 0.1) is 6.54 Å². The minimum absolute atomic E-state index is 0.171. The van der Waals surface area contributed by atoms with Crippen LogP contribution in [-0.2, 0) is 24.4 Å². The van der Waals surface area contributed by atoms with Gasteiger partial charge in [-0.15, -0.1) is 0 Å². The second-order valence-corrected chi connectivity index (χ2v) is 7.56. The molecule has 0 saturated heterocycles. The highest BCUT2D eigenvalue weighted by Crippen LogP contribution is 2.29. The number of carbonyl (C=O) groups is 1. The zero-order valence-corrected chi connectivity index (χ0v) is 15.9. The van der Waals surface area contributed by atoms with E-state index in [0.29, 0.717) is 19.6 Å². The molecule has 0 bridgehead atoms. The maximum Gasteiger partial charge on any atom is 0.226 e. The Morgan fingerprint density at radius 3 is 2.36 bits per heavy atom. The first kappa shape index (κ1) is 18.5. The van der Waals surface area contributed by atoms with Crippen molar-refractivity contribution in [3.05, 3.63) is 95.6 Å². The molecular weight excluding hydrogens is 351 g/mol. The van der Waals surface area contributed by atoms with Gasteiger partial charge in [0.2, 0.25) is 5.91 Å². The number of carbonyl (C=O) groups excluding carboxylic acids is 1. The van der Waals surface area contributed by atoms with Crippen molar-refractivity contribution < 1.29 is 9.18 Å². The molecule has 1 fully saturated rings. The second kappa shape index (κ2) is 8.42. The van der Waals surface area contributed by atoms with Crippen LogP contribution in [0.4, 0.5) is 4.39 Å². The van der Waals surface area contributed by atoms with E-state index in [1.54, 1.807) is 12.1 Å². The maximum absolute atomic E-state index is 13.2. The Morgan fingerprint density at radius 1 is 0.929 bits per heavy atom. The third kappa shape index (κ3) is 4.33. The highest BCUT2D eigenvalue weighted by molar-refractivity contribution is 5.79. The van der Waals surface area contributed by atoms with E-state index in [2.05, 4.69) is 22.8 Å². The highest BCUT2D eigenvalue weighted by atomic mass is 19.1. The molecule has 1 heterocycles. The van der Waals surface area contributed by atoms with Gasteiger partial charge < -0.3 is 9.47 Å². The molecule has 1 saturated carbocycles. The van der Waals surface area contributed by atoms with E-state index in [1.807, 2.05) is 35.4 Å². The van der Waals surface area contributed by atoms with Gasteiger partial charge in [-0.3, -0.25) is 4.79 Å². The summed E-state index contributed by atoms with van der Waals surface area (Å²) in [5, 5.41) is 0. The Hall–Kier alpha value is -2.88. The number of rotatable bonds is 7. The number of amides is 1. The van der Waals surface area contributed by atoms with Gasteiger partial charge in [0.1, 0.15) is 5.82 Å². The van der Waals surface area contributed by atoms with Gasteiger partial charge in [-0.1, -0.05) is 48.9 Å². The number of halogens is 1. The summed E-state index contributed by atoms with van der Waals surface area (Å²) in [4.78, 5) is 15.0. The summed E-state index contributed by atoms with van der Waals surface area (Å²) in [6, 6.07) is 20.8. The maximum atomic E-state index is 13.2. The van der Waals surface area contributed by atoms with Gasteiger partial charge in [-0.05, 0) is 48.2 Å². The van der Waals surface area contributed by atoms with E-state index < -0.39 is 0 Å². The molecule has 3 nitrogen and oxygen atoms in total. The molecule has 144 valence electrons. The summed E-state index contributed by atoms with van der Waals surface area (Å²) < 4.78 is 15.3. The summed E-state index contributed by atoms with van der Waals surface area (Å²) in [6.45, 7) is 1.87. The molecule has 0 atom stereocenters. The lowest BCUT2D eigenvalue weighted by molar-refractivity contribution is -0.139. The van der Waals surface area contributed by atoms with Gasteiger partial charge in [0, 0.05) is 30.9 Å². The van der Waals surface area contributed by atoms with Crippen molar-refractivity contribution in [2.24, 2.45) is 5.92 Å². The largest absolute Gasteiger partial charge is 0.345 e.